The third kappa shape index (κ3) is 4.70. The van der Waals surface area contributed by atoms with Gasteiger partial charge in [-0.1, -0.05) is 12.2 Å². The molecule has 0 atom stereocenters. The highest BCUT2D eigenvalue weighted by atomic mass is 32.2. The Balaban J connectivity index is 2.73. The normalized spacial score (nSPS) is 11.6. The molecule has 0 saturated carbocycles. The average molecular weight is 301 g/mol. The van der Waals surface area contributed by atoms with E-state index in [9.17, 15) is 12.8 Å². The van der Waals surface area contributed by atoms with Crippen molar-refractivity contribution in [2.45, 2.75) is 25.7 Å². The summed E-state index contributed by atoms with van der Waals surface area (Å²) in [6.45, 7) is 9.47. The number of benzene rings is 1. The fraction of sp³-hybridized carbons (Fsp3) is 0.429. The molecule has 0 amide bonds. The molecule has 20 heavy (non-hydrogen) atoms. The van der Waals surface area contributed by atoms with E-state index in [2.05, 4.69) is 11.3 Å². The number of halogens is 1. The fourth-order valence-corrected chi connectivity index (χ4v) is 3.35. The number of aryl methyl sites for hydroxylation is 2. The van der Waals surface area contributed by atoms with E-state index >= 15 is 0 Å². The van der Waals surface area contributed by atoms with Crippen molar-refractivity contribution in [2.24, 2.45) is 0 Å². The van der Waals surface area contributed by atoms with Crippen molar-refractivity contribution in [3.05, 3.63) is 41.2 Å². The standard InChI is InChI=1S/C14H20FNO3S/c1-10(2)9-19-6-5-16-20(17,18)14-11(3)7-13(15)8-12(14)4/h7-8,16H,1,5-6,9H2,2-4H3. The highest BCUT2D eigenvalue weighted by molar-refractivity contribution is 7.89. The van der Waals surface area contributed by atoms with Gasteiger partial charge in [0.05, 0.1) is 18.1 Å². The molecule has 0 aliphatic rings. The summed E-state index contributed by atoms with van der Waals surface area (Å²) >= 11 is 0. The maximum Gasteiger partial charge on any atom is 0.241 e. The van der Waals surface area contributed by atoms with Gasteiger partial charge in [-0.05, 0) is 44.0 Å². The van der Waals surface area contributed by atoms with Crippen LogP contribution in [0.2, 0.25) is 0 Å². The smallest absolute Gasteiger partial charge is 0.241 e. The van der Waals surface area contributed by atoms with Crippen LogP contribution in [0.4, 0.5) is 4.39 Å². The van der Waals surface area contributed by atoms with E-state index in [1.165, 1.54) is 12.1 Å². The maximum atomic E-state index is 13.2. The molecular formula is C14H20FNO3S. The van der Waals surface area contributed by atoms with Gasteiger partial charge in [0.15, 0.2) is 0 Å². The molecule has 112 valence electrons. The molecule has 0 aliphatic heterocycles. The largest absolute Gasteiger partial charge is 0.376 e. The van der Waals surface area contributed by atoms with E-state index in [0.717, 1.165) is 5.57 Å². The summed E-state index contributed by atoms with van der Waals surface area (Å²) in [6, 6.07) is 2.41. The Bertz CT molecular complexity index is 573. The van der Waals surface area contributed by atoms with Crippen molar-refractivity contribution in [2.75, 3.05) is 19.8 Å². The van der Waals surface area contributed by atoms with Crippen molar-refractivity contribution >= 4 is 10.0 Å². The number of sulfonamides is 1. The second kappa shape index (κ2) is 6.97. The van der Waals surface area contributed by atoms with Crippen molar-refractivity contribution < 1.29 is 17.5 Å². The molecule has 1 aromatic carbocycles. The first-order valence-corrected chi connectivity index (χ1v) is 7.71. The van der Waals surface area contributed by atoms with E-state index in [1.54, 1.807) is 13.8 Å². The summed E-state index contributed by atoms with van der Waals surface area (Å²) in [5, 5.41) is 0. The molecule has 0 aromatic heterocycles. The highest BCUT2D eigenvalue weighted by Crippen LogP contribution is 2.20. The predicted molar refractivity (Wildman–Crippen MR) is 76.7 cm³/mol. The van der Waals surface area contributed by atoms with Crippen LogP contribution in [-0.2, 0) is 14.8 Å². The topological polar surface area (TPSA) is 55.4 Å². The second-order valence-electron chi connectivity index (χ2n) is 4.78. The molecule has 0 spiro atoms. The maximum absolute atomic E-state index is 13.2. The molecule has 1 aromatic rings. The highest BCUT2D eigenvalue weighted by Gasteiger charge is 2.19. The zero-order valence-electron chi connectivity index (χ0n) is 12.0. The lowest BCUT2D eigenvalue weighted by molar-refractivity contribution is 0.162. The molecule has 0 aliphatic carbocycles. The van der Waals surface area contributed by atoms with Crippen LogP contribution < -0.4 is 4.72 Å². The van der Waals surface area contributed by atoms with Crippen LogP contribution in [0.1, 0.15) is 18.1 Å². The molecule has 0 radical (unpaired) electrons. The number of hydrogen-bond donors (Lipinski definition) is 1. The Hall–Kier alpha value is -1.24. The Morgan fingerprint density at radius 3 is 2.40 bits per heavy atom. The SMILES string of the molecule is C=C(C)COCCNS(=O)(=O)c1c(C)cc(F)cc1C. The molecule has 6 heteroatoms. The van der Waals surface area contributed by atoms with Gasteiger partial charge in [0.2, 0.25) is 10.0 Å². The number of ether oxygens (including phenoxy) is 1. The van der Waals surface area contributed by atoms with Gasteiger partial charge in [-0.25, -0.2) is 17.5 Å². The third-order valence-electron chi connectivity index (χ3n) is 2.58. The van der Waals surface area contributed by atoms with Gasteiger partial charge in [0.25, 0.3) is 0 Å². The van der Waals surface area contributed by atoms with E-state index in [1.807, 2.05) is 6.92 Å². The minimum atomic E-state index is -3.66. The van der Waals surface area contributed by atoms with E-state index in [4.69, 9.17) is 4.74 Å². The first-order valence-electron chi connectivity index (χ1n) is 6.22. The lowest BCUT2D eigenvalue weighted by Crippen LogP contribution is -2.28. The van der Waals surface area contributed by atoms with Gasteiger partial charge < -0.3 is 4.74 Å². The summed E-state index contributed by atoms with van der Waals surface area (Å²) in [4.78, 5) is 0.124. The molecule has 1 rings (SSSR count). The fourth-order valence-electron chi connectivity index (χ4n) is 1.89. The summed E-state index contributed by atoms with van der Waals surface area (Å²) in [6.07, 6.45) is 0. The number of rotatable bonds is 7. The quantitative estimate of drug-likeness (QED) is 0.621. The first-order chi connectivity index (χ1) is 9.24. The van der Waals surface area contributed by atoms with Crippen LogP contribution in [0, 0.1) is 19.7 Å². The molecular weight excluding hydrogens is 281 g/mol. The first kappa shape index (κ1) is 16.8. The Kier molecular flexibility index (Phi) is 5.86. The molecule has 0 bridgehead atoms. The third-order valence-corrected chi connectivity index (χ3v) is 4.35. The van der Waals surface area contributed by atoms with E-state index in [0.29, 0.717) is 17.7 Å². The van der Waals surface area contributed by atoms with E-state index < -0.39 is 15.8 Å². The summed E-state index contributed by atoms with van der Waals surface area (Å²) < 4.78 is 45.2. The lowest BCUT2D eigenvalue weighted by atomic mass is 10.1. The van der Waals surface area contributed by atoms with Gasteiger partial charge >= 0.3 is 0 Å². The van der Waals surface area contributed by atoms with Gasteiger partial charge in [-0.2, -0.15) is 0 Å². The van der Waals surface area contributed by atoms with Crippen molar-refractivity contribution in [1.29, 1.82) is 0 Å². The summed E-state index contributed by atoms with van der Waals surface area (Å²) in [7, 11) is -3.66. The Morgan fingerprint density at radius 2 is 1.90 bits per heavy atom. The van der Waals surface area contributed by atoms with Crippen molar-refractivity contribution in [3.8, 4) is 0 Å². The van der Waals surface area contributed by atoms with Crippen molar-refractivity contribution in [1.82, 2.24) is 4.72 Å². The molecule has 1 N–H and O–H groups in total. The van der Waals surface area contributed by atoms with Crippen LogP contribution in [0.5, 0.6) is 0 Å². The van der Waals surface area contributed by atoms with Crippen LogP contribution in [0.15, 0.2) is 29.2 Å². The Labute approximate surface area is 119 Å². The molecule has 0 heterocycles. The van der Waals surface area contributed by atoms with Gasteiger partial charge in [-0.3, -0.25) is 0 Å². The van der Waals surface area contributed by atoms with Crippen molar-refractivity contribution in [3.63, 3.8) is 0 Å². The van der Waals surface area contributed by atoms with Crippen LogP contribution in [0.3, 0.4) is 0 Å². The van der Waals surface area contributed by atoms with Crippen LogP contribution >= 0.6 is 0 Å². The monoisotopic (exact) mass is 301 g/mol. The molecule has 0 saturated heterocycles. The second-order valence-corrected chi connectivity index (χ2v) is 6.48. The average Bonchev–Trinajstić information content (AvgIpc) is 2.25. The zero-order valence-corrected chi connectivity index (χ0v) is 12.8. The predicted octanol–water partition coefficient (Wildman–Crippen LogP) is 2.31. The molecule has 0 fully saturated rings. The van der Waals surface area contributed by atoms with Crippen LogP contribution in [0.25, 0.3) is 0 Å². The zero-order chi connectivity index (χ0) is 15.3. The van der Waals surface area contributed by atoms with Gasteiger partial charge in [0.1, 0.15) is 5.82 Å². The van der Waals surface area contributed by atoms with E-state index in [-0.39, 0.29) is 18.0 Å². The number of nitrogens with one attached hydrogen (secondary N) is 1. The van der Waals surface area contributed by atoms with Gasteiger partial charge in [-0.15, -0.1) is 0 Å². The minimum absolute atomic E-state index is 0.124. The minimum Gasteiger partial charge on any atom is -0.376 e. The van der Waals surface area contributed by atoms with Gasteiger partial charge in [0, 0.05) is 6.54 Å². The number of hydrogen-bond acceptors (Lipinski definition) is 3. The molecule has 4 nitrogen and oxygen atoms in total. The lowest BCUT2D eigenvalue weighted by Gasteiger charge is -2.12. The molecule has 0 unspecified atom stereocenters. The Morgan fingerprint density at radius 1 is 1.35 bits per heavy atom. The summed E-state index contributed by atoms with van der Waals surface area (Å²) in [5.41, 5.74) is 1.65. The summed E-state index contributed by atoms with van der Waals surface area (Å²) in [5.74, 6) is -0.441. The van der Waals surface area contributed by atoms with Crippen LogP contribution in [-0.4, -0.2) is 28.2 Å².